The van der Waals surface area contributed by atoms with Crippen LogP contribution in [0.25, 0.3) is 0 Å². The summed E-state index contributed by atoms with van der Waals surface area (Å²) in [5.41, 5.74) is 1.69. The molecule has 0 saturated carbocycles. The van der Waals surface area contributed by atoms with Crippen LogP contribution in [0, 0.1) is 0 Å². The second-order valence-electron chi connectivity index (χ2n) is 4.51. The van der Waals surface area contributed by atoms with Gasteiger partial charge in [0.2, 0.25) is 0 Å². The fourth-order valence-electron chi connectivity index (χ4n) is 2.39. The molecular formula is C14H13NO3. The van der Waals surface area contributed by atoms with Crippen molar-refractivity contribution in [3.8, 4) is 0 Å². The van der Waals surface area contributed by atoms with Crippen LogP contribution in [0.3, 0.4) is 0 Å². The van der Waals surface area contributed by atoms with Gasteiger partial charge in [-0.15, -0.1) is 0 Å². The summed E-state index contributed by atoms with van der Waals surface area (Å²) in [6, 6.07) is 9.17. The number of nitrogens with zero attached hydrogens (tertiary/aromatic N) is 1. The molecule has 0 unspecified atom stereocenters. The van der Waals surface area contributed by atoms with Crippen LogP contribution in [-0.2, 0) is 9.53 Å². The Hall–Kier alpha value is -2.10. The van der Waals surface area contributed by atoms with E-state index in [-0.39, 0.29) is 18.0 Å². The molecule has 1 saturated heterocycles. The topological polar surface area (TPSA) is 46.6 Å². The van der Waals surface area contributed by atoms with Crippen LogP contribution in [0.2, 0.25) is 0 Å². The Morgan fingerprint density at radius 2 is 2.06 bits per heavy atom. The zero-order valence-electron chi connectivity index (χ0n) is 9.83. The van der Waals surface area contributed by atoms with Crippen LogP contribution in [0.1, 0.15) is 16.8 Å². The summed E-state index contributed by atoms with van der Waals surface area (Å²) >= 11 is 0. The molecule has 2 heterocycles. The number of hydrogen-bond donors (Lipinski definition) is 0. The molecule has 2 aliphatic heterocycles. The summed E-state index contributed by atoms with van der Waals surface area (Å²) < 4.78 is 5.16. The molecule has 1 aromatic carbocycles. The van der Waals surface area contributed by atoms with Gasteiger partial charge in [-0.3, -0.25) is 4.79 Å². The van der Waals surface area contributed by atoms with Crippen LogP contribution < -0.4 is 0 Å². The Morgan fingerprint density at radius 1 is 1.28 bits per heavy atom. The minimum Gasteiger partial charge on any atom is -0.453 e. The van der Waals surface area contributed by atoms with Crippen molar-refractivity contribution in [1.82, 2.24) is 4.90 Å². The van der Waals surface area contributed by atoms with E-state index < -0.39 is 0 Å². The average Bonchev–Trinajstić information content (AvgIpc) is 2.78. The van der Waals surface area contributed by atoms with Crippen molar-refractivity contribution in [2.24, 2.45) is 0 Å². The summed E-state index contributed by atoms with van der Waals surface area (Å²) in [7, 11) is 0. The molecule has 1 atom stereocenters. The zero-order chi connectivity index (χ0) is 12.5. The number of fused-ring (bicyclic) bond motifs is 1. The van der Waals surface area contributed by atoms with Crippen molar-refractivity contribution < 1.29 is 14.3 Å². The molecule has 0 aromatic heterocycles. The molecule has 0 bridgehead atoms. The number of carbonyl (C=O) groups excluding carboxylic acids is 2. The molecule has 4 heteroatoms. The standard InChI is InChI=1S/C14H13NO3/c16-13-8-11-6-7-15(9-12(11)18-13)14(17)10-4-2-1-3-5-10/h1-5,8,12H,6-7,9H2/t12-/m0/s1. The molecule has 1 fully saturated rings. The second kappa shape index (κ2) is 4.29. The number of esters is 1. The number of rotatable bonds is 1. The van der Waals surface area contributed by atoms with Crippen molar-refractivity contribution in [3.05, 3.63) is 47.5 Å². The summed E-state index contributed by atoms with van der Waals surface area (Å²) in [6.07, 6.45) is 2.03. The van der Waals surface area contributed by atoms with Crippen molar-refractivity contribution >= 4 is 11.9 Å². The lowest BCUT2D eigenvalue weighted by atomic mass is 10.0. The van der Waals surface area contributed by atoms with Gasteiger partial charge < -0.3 is 9.64 Å². The zero-order valence-corrected chi connectivity index (χ0v) is 9.83. The molecule has 18 heavy (non-hydrogen) atoms. The minimum atomic E-state index is -0.288. The average molecular weight is 243 g/mol. The first-order valence-electron chi connectivity index (χ1n) is 5.99. The van der Waals surface area contributed by atoms with Gasteiger partial charge in [0.15, 0.2) is 0 Å². The predicted octanol–water partition coefficient (Wildman–Crippen LogP) is 1.38. The van der Waals surface area contributed by atoms with E-state index in [4.69, 9.17) is 4.74 Å². The first-order chi connectivity index (χ1) is 8.74. The number of piperidine rings is 1. The highest BCUT2D eigenvalue weighted by molar-refractivity contribution is 5.94. The highest BCUT2D eigenvalue weighted by atomic mass is 16.5. The quantitative estimate of drug-likeness (QED) is 0.700. The SMILES string of the molecule is O=C1C=C2CCN(C(=O)c3ccccc3)C[C@@H]2O1. The van der Waals surface area contributed by atoms with Crippen LogP contribution in [-0.4, -0.2) is 36.0 Å². The minimum absolute atomic E-state index is 0.00222. The first kappa shape index (κ1) is 11.0. The summed E-state index contributed by atoms with van der Waals surface area (Å²) in [5, 5.41) is 0. The fourth-order valence-corrected chi connectivity index (χ4v) is 2.39. The Labute approximate surface area is 105 Å². The summed E-state index contributed by atoms with van der Waals surface area (Å²) in [5.74, 6) is -0.290. The van der Waals surface area contributed by atoms with Crippen molar-refractivity contribution in [2.75, 3.05) is 13.1 Å². The Bertz CT molecular complexity index is 521. The molecule has 1 amide bonds. The number of carbonyl (C=O) groups is 2. The maximum Gasteiger partial charge on any atom is 0.331 e. The van der Waals surface area contributed by atoms with E-state index in [2.05, 4.69) is 0 Å². The fraction of sp³-hybridized carbons (Fsp3) is 0.286. The van der Waals surface area contributed by atoms with Gasteiger partial charge in [0.05, 0.1) is 6.54 Å². The molecule has 2 aliphatic rings. The lowest BCUT2D eigenvalue weighted by Crippen LogP contribution is -2.43. The van der Waals surface area contributed by atoms with E-state index in [0.717, 1.165) is 12.0 Å². The van der Waals surface area contributed by atoms with E-state index in [1.54, 1.807) is 23.1 Å². The molecule has 4 nitrogen and oxygen atoms in total. The summed E-state index contributed by atoms with van der Waals surface area (Å²) in [4.78, 5) is 25.1. The summed E-state index contributed by atoms with van der Waals surface area (Å²) in [6.45, 7) is 1.11. The number of benzene rings is 1. The molecule has 0 N–H and O–H groups in total. The maximum absolute atomic E-state index is 12.2. The van der Waals surface area contributed by atoms with E-state index in [0.29, 0.717) is 18.7 Å². The van der Waals surface area contributed by atoms with Crippen LogP contribution in [0.5, 0.6) is 0 Å². The molecule has 0 radical (unpaired) electrons. The van der Waals surface area contributed by atoms with Gasteiger partial charge in [0, 0.05) is 18.2 Å². The third-order valence-corrected chi connectivity index (χ3v) is 3.34. The van der Waals surface area contributed by atoms with Crippen molar-refractivity contribution in [3.63, 3.8) is 0 Å². The largest absolute Gasteiger partial charge is 0.453 e. The van der Waals surface area contributed by atoms with Crippen LogP contribution in [0.15, 0.2) is 42.0 Å². The van der Waals surface area contributed by atoms with Gasteiger partial charge in [0.25, 0.3) is 5.91 Å². The lowest BCUT2D eigenvalue weighted by molar-refractivity contribution is -0.139. The van der Waals surface area contributed by atoms with Gasteiger partial charge in [-0.2, -0.15) is 0 Å². The third kappa shape index (κ3) is 1.90. The van der Waals surface area contributed by atoms with Crippen LogP contribution >= 0.6 is 0 Å². The molecule has 3 rings (SSSR count). The van der Waals surface area contributed by atoms with Gasteiger partial charge in [-0.25, -0.2) is 4.79 Å². The molecule has 0 spiro atoms. The highest BCUT2D eigenvalue weighted by Gasteiger charge is 2.33. The maximum atomic E-state index is 12.2. The Balaban J connectivity index is 1.74. The molecule has 1 aromatic rings. The Morgan fingerprint density at radius 3 is 2.83 bits per heavy atom. The number of hydrogen-bond acceptors (Lipinski definition) is 3. The molecule has 92 valence electrons. The van der Waals surface area contributed by atoms with Gasteiger partial charge in [-0.05, 0) is 24.1 Å². The normalized spacial score (nSPS) is 22.2. The third-order valence-electron chi connectivity index (χ3n) is 3.34. The molecular weight excluding hydrogens is 230 g/mol. The Kier molecular flexibility index (Phi) is 2.63. The van der Waals surface area contributed by atoms with E-state index >= 15 is 0 Å². The lowest BCUT2D eigenvalue weighted by Gasteiger charge is -2.31. The van der Waals surface area contributed by atoms with Crippen molar-refractivity contribution in [2.45, 2.75) is 12.5 Å². The second-order valence-corrected chi connectivity index (χ2v) is 4.51. The number of likely N-dealkylation sites (tertiary alicyclic amines) is 1. The molecule has 0 aliphatic carbocycles. The monoisotopic (exact) mass is 243 g/mol. The highest BCUT2D eigenvalue weighted by Crippen LogP contribution is 2.25. The van der Waals surface area contributed by atoms with Gasteiger partial charge in [-0.1, -0.05) is 18.2 Å². The van der Waals surface area contributed by atoms with Crippen molar-refractivity contribution in [1.29, 1.82) is 0 Å². The van der Waals surface area contributed by atoms with Gasteiger partial charge >= 0.3 is 5.97 Å². The first-order valence-corrected chi connectivity index (χ1v) is 5.99. The van der Waals surface area contributed by atoms with E-state index in [1.807, 2.05) is 18.2 Å². The number of ether oxygens (including phenoxy) is 1. The predicted molar refractivity (Wildman–Crippen MR) is 64.9 cm³/mol. The number of amides is 1. The van der Waals surface area contributed by atoms with Crippen LogP contribution in [0.4, 0.5) is 0 Å². The van der Waals surface area contributed by atoms with Gasteiger partial charge in [0.1, 0.15) is 6.10 Å². The van der Waals surface area contributed by atoms with E-state index in [1.165, 1.54) is 0 Å². The smallest absolute Gasteiger partial charge is 0.331 e. The van der Waals surface area contributed by atoms with E-state index in [9.17, 15) is 9.59 Å².